The zero-order valence-corrected chi connectivity index (χ0v) is 10.3. The summed E-state index contributed by atoms with van der Waals surface area (Å²) in [6, 6.07) is 0.154. The fourth-order valence-corrected chi connectivity index (χ4v) is 1.73. The van der Waals surface area contributed by atoms with Crippen LogP contribution in [-0.2, 0) is 4.79 Å². The molecule has 0 heterocycles. The van der Waals surface area contributed by atoms with E-state index in [1.165, 1.54) is 4.90 Å². The quantitative estimate of drug-likeness (QED) is 0.746. The molecule has 0 bridgehead atoms. The van der Waals surface area contributed by atoms with Crippen LogP contribution in [0.3, 0.4) is 0 Å². The SMILES string of the molecule is CN(C)C(=O)CN(CCC(F)(F)F)C1CCC1. The number of likely N-dealkylation sites (N-methyl/N-ethyl adjacent to an activating group) is 1. The van der Waals surface area contributed by atoms with E-state index >= 15 is 0 Å². The Hall–Kier alpha value is -0.780. The molecule has 0 atom stereocenters. The van der Waals surface area contributed by atoms with Gasteiger partial charge >= 0.3 is 6.18 Å². The number of rotatable bonds is 5. The lowest BCUT2D eigenvalue weighted by Crippen LogP contribution is -2.46. The highest BCUT2D eigenvalue weighted by Gasteiger charge is 2.32. The van der Waals surface area contributed by atoms with Crippen molar-refractivity contribution >= 4 is 5.91 Å². The molecule has 0 unspecified atom stereocenters. The molecule has 0 N–H and O–H groups in total. The summed E-state index contributed by atoms with van der Waals surface area (Å²) >= 11 is 0. The van der Waals surface area contributed by atoms with Crippen molar-refractivity contribution < 1.29 is 18.0 Å². The van der Waals surface area contributed by atoms with Crippen molar-refractivity contribution in [1.82, 2.24) is 9.80 Å². The lowest BCUT2D eigenvalue weighted by Gasteiger charge is -2.37. The summed E-state index contributed by atoms with van der Waals surface area (Å²) < 4.78 is 36.5. The Morgan fingerprint density at radius 1 is 1.29 bits per heavy atom. The maximum Gasteiger partial charge on any atom is 0.390 e. The van der Waals surface area contributed by atoms with E-state index in [2.05, 4.69) is 0 Å². The van der Waals surface area contributed by atoms with E-state index in [9.17, 15) is 18.0 Å². The van der Waals surface area contributed by atoms with Gasteiger partial charge in [0, 0.05) is 26.7 Å². The minimum Gasteiger partial charge on any atom is -0.348 e. The van der Waals surface area contributed by atoms with Crippen LogP contribution in [0.25, 0.3) is 0 Å². The molecule has 0 spiro atoms. The van der Waals surface area contributed by atoms with E-state index in [1.54, 1.807) is 19.0 Å². The molecule has 100 valence electrons. The van der Waals surface area contributed by atoms with E-state index < -0.39 is 12.6 Å². The zero-order valence-electron chi connectivity index (χ0n) is 10.3. The maximum absolute atomic E-state index is 12.2. The molecule has 0 radical (unpaired) electrons. The lowest BCUT2D eigenvalue weighted by atomic mass is 9.91. The topological polar surface area (TPSA) is 23.6 Å². The molecular formula is C11H19F3N2O. The number of carbonyl (C=O) groups excluding carboxylic acids is 1. The standard InChI is InChI=1S/C11H19F3N2O/c1-15(2)10(17)8-16(9-4-3-5-9)7-6-11(12,13)14/h9H,3-8H2,1-2H3. The van der Waals surface area contributed by atoms with Crippen molar-refractivity contribution in [3.05, 3.63) is 0 Å². The molecule has 17 heavy (non-hydrogen) atoms. The van der Waals surface area contributed by atoms with Crippen LogP contribution in [0.1, 0.15) is 25.7 Å². The van der Waals surface area contributed by atoms with E-state index in [0.717, 1.165) is 19.3 Å². The van der Waals surface area contributed by atoms with Gasteiger partial charge in [0.1, 0.15) is 0 Å². The summed E-state index contributed by atoms with van der Waals surface area (Å²) in [5.41, 5.74) is 0. The molecule has 0 aromatic rings. The first kappa shape index (κ1) is 14.3. The van der Waals surface area contributed by atoms with Crippen molar-refractivity contribution in [2.24, 2.45) is 0 Å². The number of nitrogens with zero attached hydrogens (tertiary/aromatic N) is 2. The van der Waals surface area contributed by atoms with Crippen molar-refractivity contribution in [2.45, 2.75) is 37.9 Å². The fourth-order valence-electron chi connectivity index (χ4n) is 1.73. The summed E-state index contributed by atoms with van der Waals surface area (Å²) in [5, 5.41) is 0. The second-order valence-electron chi connectivity index (χ2n) is 4.71. The molecule has 1 aliphatic rings. The monoisotopic (exact) mass is 252 g/mol. The predicted molar refractivity (Wildman–Crippen MR) is 58.6 cm³/mol. The van der Waals surface area contributed by atoms with Gasteiger partial charge in [-0.2, -0.15) is 13.2 Å². The predicted octanol–water partition coefficient (Wildman–Crippen LogP) is 1.88. The van der Waals surface area contributed by atoms with Crippen molar-refractivity contribution in [2.75, 3.05) is 27.2 Å². The Bertz CT molecular complexity index is 262. The molecular weight excluding hydrogens is 233 g/mol. The second-order valence-corrected chi connectivity index (χ2v) is 4.71. The van der Waals surface area contributed by atoms with E-state index in [-0.39, 0.29) is 25.0 Å². The smallest absolute Gasteiger partial charge is 0.348 e. The third-order valence-corrected chi connectivity index (χ3v) is 3.11. The maximum atomic E-state index is 12.2. The third-order valence-electron chi connectivity index (χ3n) is 3.11. The fraction of sp³-hybridized carbons (Fsp3) is 0.909. The number of hydrogen-bond donors (Lipinski definition) is 0. The summed E-state index contributed by atoms with van der Waals surface area (Å²) in [5.74, 6) is -0.140. The summed E-state index contributed by atoms with van der Waals surface area (Å²) in [7, 11) is 3.23. The largest absolute Gasteiger partial charge is 0.390 e. The molecule has 6 heteroatoms. The van der Waals surface area contributed by atoms with Crippen LogP contribution >= 0.6 is 0 Å². The molecule has 1 aliphatic carbocycles. The summed E-state index contributed by atoms with van der Waals surface area (Å²) in [6.07, 6.45) is -2.14. The Balaban J connectivity index is 2.46. The van der Waals surface area contributed by atoms with E-state index in [0.29, 0.717) is 0 Å². The van der Waals surface area contributed by atoms with Gasteiger partial charge < -0.3 is 4.90 Å². The Morgan fingerprint density at radius 3 is 2.24 bits per heavy atom. The van der Waals surface area contributed by atoms with Gasteiger partial charge in [0.2, 0.25) is 5.91 Å². The molecule has 0 aromatic carbocycles. The molecule has 1 fully saturated rings. The van der Waals surface area contributed by atoms with E-state index in [4.69, 9.17) is 0 Å². The van der Waals surface area contributed by atoms with Gasteiger partial charge in [-0.05, 0) is 12.8 Å². The number of halogens is 3. The van der Waals surface area contributed by atoms with Gasteiger partial charge in [-0.3, -0.25) is 9.69 Å². The highest BCUT2D eigenvalue weighted by atomic mass is 19.4. The highest BCUT2D eigenvalue weighted by molar-refractivity contribution is 5.77. The van der Waals surface area contributed by atoms with Gasteiger partial charge in [-0.25, -0.2) is 0 Å². The molecule has 1 amide bonds. The van der Waals surface area contributed by atoms with Crippen LogP contribution in [0.4, 0.5) is 13.2 Å². The third kappa shape index (κ3) is 4.93. The van der Waals surface area contributed by atoms with Crippen LogP contribution in [-0.4, -0.2) is 55.1 Å². The Labute approximate surface area is 99.6 Å². The first-order valence-electron chi connectivity index (χ1n) is 5.80. The molecule has 0 aromatic heterocycles. The first-order valence-corrected chi connectivity index (χ1v) is 5.80. The molecule has 0 saturated heterocycles. The van der Waals surface area contributed by atoms with Crippen LogP contribution in [0.15, 0.2) is 0 Å². The zero-order chi connectivity index (χ0) is 13.1. The van der Waals surface area contributed by atoms with Gasteiger partial charge in [0.15, 0.2) is 0 Å². The van der Waals surface area contributed by atoms with Gasteiger partial charge in [-0.15, -0.1) is 0 Å². The molecule has 3 nitrogen and oxygen atoms in total. The molecule has 1 rings (SSSR count). The summed E-state index contributed by atoms with van der Waals surface area (Å²) in [6.45, 7) is 0.0154. The van der Waals surface area contributed by atoms with Gasteiger partial charge in [0.25, 0.3) is 0 Å². The van der Waals surface area contributed by atoms with Gasteiger partial charge in [-0.1, -0.05) is 6.42 Å². The van der Waals surface area contributed by atoms with Crippen molar-refractivity contribution in [3.63, 3.8) is 0 Å². The lowest BCUT2D eigenvalue weighted by molar-refractivity contribution is -0.144. The second kappa shape index (κ2) is 5.71. The number of alkyl halides is 3. The number of hydrogen-bond acceptors (Lipinski definition) is 2. The van der Waals surface area contributed by atoms with Crippen LogP contribution < -0.4 is 0 Å². The summed E-state index contributed by atoms with van der Waals surface area (Å²) in [4.78, 5) is 14.6. The average Bonchev–Trinajstić information content (AvgIpc) is 2.09. The van der Waals surface area contributed by atoms with Gasteiger partial charge in [0.05, 0.1) is 13.0 Å². The van der Waals surface area contributed by atoms with Crippen LogP contribution in [0, 0.1) is 0 Å². The van der Waals surface area contributed by atoms with Crippen molar-refractivity contribution in [1.29, 1.82) is 0 Å². The normalized spacial score (nSPS) is 17.1. The Morgan fingerprint density at radius 2 is 1.88 bits per heavy atom. The minimum absolute atomic E-state index is 0.0756. The van der Waals surface area contributed by atoms with Crippen LogP contribution in [0.2, 0.25) is 0 Å². The number of carbonyl (C=O) groups is 1. The molecule has 0 aliphatic heterocycles. The van der Waals surface area contributed by atoms with E-state index in [1.807, 2.05) is 0 Å². The first-order chi connectivity index (χ1) is 7.79. The number of amides is 1. The minimum atomic E-state index is -4.15. The average molecular weight is 252 g/mol. The molecule has 1 saturated carbocycles. The van der Waals surface area contributed by atoms with Crippen LogP contribution in [0.5, 0.6) is 0 Å². The Kier molecular flexibility index (Phi) is 4.80. The highest BCUT2D eigenvalue weighted by Crippen LogP contribution is 2.27. The van der Waals surface area contributed by atoms with Crippen molar-refractivity contribution in [3.8, 4) is 0 Å².